The third kappa shape index (κ3) is 2.32. The lowest BCUT2D eigenvalue weighted by Gasteiger charge is -2.18. The second kappa shape index (κ2) is 5.52. The summed E-state index contributed by atoms with van der Waals surface area (Å²) in [6, 6.07) is 6.46. The predicted molar refractivity (Wildman–Crippen MR) is 95.1 cm³/mol. The Hall–Kier alpha value is -2.54. The molecule has 0 aliphatic carbocycles. The molecule has 0 N–H and O–H groups in total. The summed E-state index contributed by atoms with van der Waals surface area (Å²) in [4.78, 5) is 29.9. The van der Waals surface area contributed by atoms with Gasteiger partial charge in [-0.05, 0) is 25.0 Å². The minimum absolute atomic E-state index is 0.110. The van der Waals surface area contributed by atoms with Gasteiger partial charge < -0.3 is 9.80 Å². The highest BCUT2D eigenvalue weighted by Crippen LogP contribution is 2.37. The molecule has 1 aromatic carbocycles. The van der Waals surface area contributed by atoms with Crippen molar-refractivity contribution < 1.29 is 4.79 Å². The molecule has 1 aliphatic rings. The third-order valence-electron chi connectivity index (χ3n) is 4.15. The van der Waals surface area contributed by atoms with E-state index >= 15 is 0 Å². The topological polar surface area (TPSA) is 62.2 Å². The van der Waals surface area contributed by atoms with Gasteiger partial charge in [-0.15, -0.1) is 0 Å². The predicted octanol–water partition coefficient (Wildman–Crippen LogP) is 2.79. The first-order valence-corrected chi connectivity index (χ1v) is 8.56. The van der Waals surface area contributed by atoms with Crippen LogP contribution in [0.3, 0.4) is 0 Å². The Balaban J connectivity index is 1.83. The van der Waals surface area contributed by atoms with Crippen LogP contribution in [0.4, 0.5) is 11.5 Å². The van der Waals surface area contributed by atoms with Crippen molar-refractivity contribution in [2.24, 2.45) is 0 Å². The average molecular weight is 339 g/mol. The number of nitrogens with zero attached hydrogens (tertiary/aromatic N) is 5. The van der Waals surface area contributed by atoms with Crippen molar-refractivity contribution in [1.82, 2.24) is 19.9 Å². The van der Waals surface area contributed by atoms with Crippen LogP contribution in [-0.4, -0.2) is 46.4 Å². The van der Waals surface area contributed by atoms with Crippen molar-refractivity contribution in [2.45, 2.75) is 13.3 Å². The summed E-state index contributed by atoms with van der Waals surface area (Å²) in [7, 11) is 3.44. The number of aryl methyl sites for hydroxylation is 1. The van der Waals surface area contributed by atoms with E-state index in [-0.39, 0.29) is 5.91 Å². The van der Waals surface area contributed by atoms with Crippen molar-refractivity contribution in [1.29, 1.82) is 0 Å². The average Bonchev–Trinajstić information content (AvgIpc) is 3.16. The molecule has 7 heteroatoms. The van der Waals surface area contributed by atoms with Gasteiger partial charge in [0, 0.05) is 26.3 Å². The summed E-state index contributed by atoms with van der Waals surface area (Å²) >= 11 is 1.31. The van der Waals surface area contributed by atoms with Crippen LogP contribution >= 0.6 is 11.3 Å². The van der Waals surface area contributed by atoms with E-state index in [0.29, 0.717) is 10.5 Å². The molecule has 122 valence electrons. The van der Waals surface area contributed by atoms with Gasteiger partial charge in [0.25, 0.3) is 5.91 Å². The molecule has 24 heavy (non-hydrogen) atoms. The monoisotopic (exact) mass is 339 g/mol. The maximum atomic E-state index is 12.2. The molecule has 0 saturated carbocycles. The normalized spacial score (nSPS) is 13.4. The number of carbonyl (C=O) groups excluding carboxylic acids is 1. The van der Waals surface area contributed by atoms with Crippen LogP contribution in [0.1, 0.15) is 20.9 Å². The lowest BCUT2D eigenvalue weighted by molar-refractivity contribution is 0.0827. The molecule has 1 aliphatic heterocycles. The number of rotatable bonds is 2. The van der Waals surface area contributed by atoms with Gasteiger partial charge in [-0.3, -0.25) is 4.79 Å². The largest absolute Gasteiger partial charge is 0.343 e. The molecule has 6 nitrogen and oxygen atoms in total. The van der Waals surface area contributed by atoms with Gasteiger partial charge in [0.1, 0.15) is 16.7 Å². The molecule has 0 spiro atoms. The summed E-state index contributed by atoms with van der Waals surface area (Å²) in [6.45, 7) is 2.96. The van der Waals surface area contributed by atoms with Crippen LogP contribution < -0.4 is 4.90 Å². The number of hydrogen-bond acceptors (Lipinski definition) is 6. The maximum absolute atomic E-state index is 12.2. The molecule has 0 radical (unpaired) electrons. The standard InChI is InChI=1S/C17H17N5OS/c1-10-4-5-12-11(8-10)6-7-22(12)14-13-15(19-9-18-14)24-16(20-13)17(23)21(2)3/h4-5,8-9H,6-7H2,1-3H3. The fourth-order valence-corrected chi connectivity index (χ4v) is 3.90. The maximum Gasteiger partial charge on any atom is 0.282 e. The van der Waals surface area contributed by atoms with Crippen LogP contribution in [0.2, 0.25) is 0 Å². The van der Waals surface area contributed by atoms with Crippen molar-refractivity contribution in [3.05, 3.63) is 40.7 Å². The Morgan fingerprint density at radius 2 is 2.12 bits per heavy atom. The molecule has 4 rings (SSSR count). The van der Waals surface area contributed by atoms with Crippen LogP contribution in [0.25, 0.3) is 10.3 Å². The zero-order chi connectivity index (χ0) is 16.8. The van der Waals surface area contributed by atoms with Gasteiger partial charge >= 0.3 is 0 Å². The highest BCUT2D eigenvalue weighted by atomic mass is 32.1. The van der Waals surface area contributed by atoms with E-state index in [0.717, 1.165) is 29.3 Å². The van der Waals surface area contributed by atoms with E-state index in [9.17, 15) is 4.79 Å². The van der Waals surface area contributed by atoms with Gasteiger partial charge in [0.05, 0.1) is 0 Å². The highest BCUT2D eigenvalue weighted by molar-refractivity contribution is 7.19. The van der Waals surface area contributed by atoms with Crippen molar-refractivity contribution in [3.8, 4) is 0 Å². The molecule has 2 aromatic heterocycles. The Kier molecular flexibility index (Phi) is 3.45. The second-order valence-corrected chi connectivity index (χ2v) is 7.08. The highest BCUT2D eigenvalue weighted by Gasteiger charge is 2.25. The first kappa shape index (κ1) is 15.0. The minimum Gasteiger partial charge on any atom is -0.343 e. The Morgan fingerprint density at radius 1 is 1.29 bits per heavy atom. The van der Waals surface area contributed by atoms with Crippen molar-refractivity contribution in [3.63, 3.8) is 0 Å². The number of thiazole rings is 1. The summed E-state index contributed by atoms with van der Waals surface area (Å²) in [5.41, 5.74) is 4.44. The number of aromatic nitrogens is 3. The molecule has 0 saturated heterocycles. The number of hydrogen-bond donors (Lipinski definition) is 0. The van der Waals surface area contributed by atoms with Crippen molar-refractivity contribution >= 4 is 39.1 Å². The van der Waals surface area contributed by atoms with Crippen molar-refractivity contribution in [2.75, 3.05) is 25.5 Å². The lowest BCUT2D eigenvalue weighted by Crippen LogP contribution is -2.21. The summed E-state index contributed by atoms with van der Waals surface area (Å²) < 4.78 is 0. The van der Waals surface area contributed by atoms with E-state index in [1.807, 2.05) is 0 Å². The van der Waals surface area contributed by atoms with Gasteiger partial charge in [0.2, 0.25) is 0 Å². The zero-order valence-corrected chi connectivity index (χ0v) is 14.6. The van der Waals surface area contributed by atoms with E-state index in [1.54, 1.807) is 20.4 Å². The third-order valence-corrected chi connectivity index (χ3v) is 5.10. The van der Waals surface area contributed by atoms with E-state index in [2.05, 4.69) is 45.0 Å². The van der Waals surface area contributed by atoms with Gasteiger partial charge in [0.15, 0.2) is 10.8 Å². The molecule has 0 unspecified atom stereocenters. The fraction of sp³-hybridized carbons (Fsp3) is 0.294. The molecule has 1 amide bonds. The number of anilines is 2. The number of carbonyl (C=O) groups is 1. The van der Waals surface area contributed by atoms with E-state index < -0.39 is 0 Å². The van der Waals surface area contributed by atoms with E-state index in [1.165, 1.54) is 27.4 Å². The summed E-state index contributed by atoms with van der Waals surface area (Å²) in [6.07, 6.45) is 2.53. The summed E-state index contributed by atoms with van der Waals surface area (Å²) in [5, 5.41) is 0.445. The molecule has 0 atom stereocenters. The minimum atomic E-state index is -0.110. The Bertz CT molecular complexity index is 949. The van der Waals surface area contributed by atoms with Gasteiger partial charge in [-0.2, -0.15) is 0 Å². The molecule has 3 aromatic rings. The van der Waals surface area contributed by atoms with Crippen LogP contribution in [0, 0.1) is 6.92 Å². The molecule has 3 heterocycles. The lowest BCUT2D eigenvalue weighted by atomic mass is 10.1. The Morgan fingerprint density at radius 3 is 2.92 bits per heavy atom. The number of benzene rings is 1. The van der Waals surface area contributed by atoms with Crippen LogP contribution in [0.15, 0.2) is 24.5 Å². The first-order chi connectivity index (χ1) is 11.5. The van der Waals surface area contributed by atoms with Gasteiger partial charge in [-0.1, -0.05) is 29.0 Å². The smallest absolute Gasteiger partial charge is 0.282 e. The molecular weight excluding hydrogens is 322 g/mol. The molecular formula is C17H17N5OS. The number of fused-ring (bicyclic) bond motifs is 2. The first-order valence-electron chi connectivity index (χ1n) is 7.75. The van der Waals surface area contributed by atoms with Crippen LogP contribution in [-0.2, 0) is 6.42 Å². The van der Waals surface area contributed by atoms with Crippen LogP contribution in [0.5, 0.6) is 0 Å². The molecule has 0 bridgehead atoms. The zero-order valence-electron chi connectivity index (χ0n) is 13.8. The van der Waals surface area contributed by atoms with Gasteiger partial charge in [-0.25, -0.2) is 15.0 Å². The number of amides is 1. The quantitative estimate of drug-likeness (QED) is 0.718. The summed E-state index contributed by atoms with van der Waals surface area (Å²) in [5.74, 6) is 0.665. The SMILES string of the molecule is Cc1ccc2c(c1)CCN2c1ncnc2sc(C(=O)N(C)C)nc12. The van der Waals surface area contributed by atoms with E-state index in [4.69, 9.17) is 0 Å². The fourth-order valence-electron chi connectivity index (χ4n) is 2.97. The molecule has 0 fully saturated rings. The second-order valence-electron chi connectivity index (χ2n) is 6.10. The Labute approximate surface area is 143 Å².